The number of fused-ring (bicyclic) bond motifs is 2. The third-order valence-electron chi connectivity index (χ3n) is 4.32. The maximum absolute atomic E-state index is 13.1. The van der Waals surface area contributed by atoms with Gasteiger partial charge in [0.1, 0.15) is 0 Å². The van der Waals surface area contributed by atoms with Crippen LogP contribution in [0.15, 0.2) is 64.4 Å². The van der Waals surface area contributed by atoms with Gasteiger partial charge in [0.05, 0.1) is 23.5 Å². The molecule has 28 heavy (non-hydrogen) atoms. The van der Waals surface area contributed by atoms with Crippen molar-refractivity contribution in [3.05, 3.63) is 65.9 Å². The lowest BCUT2D eigenvalue weighted by molar-refractivity contribution is 0.0987. The van der Waals surface area contributed by atoms with Crippen LogP contribution in [-0.2, 0) is 0 Å². The fraction of sp³-hybridized carbons (Fsp3) is 0.136. The summed E-state index contributed by atoms with van der Waals surface area (Å²) in [4.78, 5) is 16.8. The highest BCUT2D eigenvalue weighted by molar-refractivity contribution is 7.99. The monoisotopic (exact) mass is 386 g/mol. The fourth-order valence-corrected chi connectivity index (χ4v) is 4.05. The van der Waals surface area contributed by atoms with Gasteiger partial charge in [-0.05, 0) is 56.3 Å². The van der Waals surface area contributed by atoms with Gasteiger partial charge >= 0.3 is 0 Å². The summed E-state index contributed by atoms with van der Waals surface area (Å²) in [7, 11) is 0. The Labute approximate surface area is 168 Å². The molecular formula is C22H18N4OS. The normalized spacial score (nSPS) is 12.4. The Morgan fingerprint density at radius 3 is 2.71 bits per heavy atom. The molecule has 1 aliphatic rings. The largest absolute Gasteiger partial charge is 0.339 e. The van der Waals surface area contributed by atoms with Crippen LogP contribution in [0.25, 0.3) is 0 Å². The molecule has 2 heterocycles. The summed E-state index contributed by atoms with van der Waals surface area (Å²) in [6, 6.07) is 17.4. The molecule has 138 valence electrons. The molecule has 1 amide bonds. The van der Waals surface area contributed by atoms with Gasteiger partial charge in [-0.25, -0.2) is 0 Å². The van der Waals surface area contributed by atoms with Gasteiger partial charge in [0.15, 0.2) is 5.82 Å². The topological polar surface area (TPSA) is 58.1 Å². The van der Waals surface area contributed by atoms with Crippen molar-refractivity contribution in [3.8, 4) is 11.8 Å². The van der Waals surface area contributed by atoms with Gasteiger partial charge in [0.25, 0.3) is 5.91 Å². The highest BCUT2D eigenvalue weighted by Gasteiger charge is 2.26. The molecule has 0 fully saturated rings. The number of hydrogen-bond donors (Lipinski definition) is 1. The minimum Gasteiger partial charge on any atom is -0.339 e. The zero-order valence-electron chi connectivity index (χ0n) is 15.6. The number of carbonyl (C=O) groups is 1. The number of nitrogens with zero attached hydrogens (tertiary/aromatic N) is 3. The molecule has 6 heteroatoms. The first kappa shape index (κ1) is 18.1. The van der Waals surface area contributed by atoms with Crippen LogP contribution < -0.4 is 10.2 Å². The quantitative estimate of drug-likeness (QED) is 0.663. The second-order valence-corrected chi connectivity index (χ2v) is 7.37. The van der Waals surface area contributed by atoms with Crippen LogP contribution in [-0.4, -0.2) is 22.6 Å². The molecule has 5 nitrogen and oxygen atoms in total. The van der Waals surface area contributed by atoms with E-state index < -0.39 is 0 Å². The van der Waals surface area contributed by atoms with Crippen molar-refractivity contribution >= 4 is 34.9 Å². The van der Waals surface area contributed by atoms with Crippen molar-refractivity contribution in [2.75, 3.05) is 16.8 Å². The smallest absolute Gasteiger partial charge is 0.260 e. The minimum atomic E-state index is -0.0327. The molecule has 0 aliphatic carbocycles. The molecule has 0 radical (unpaired) electrons. The third kappa shape index (κ3) is 3.57. The van der Waals surface area contributed by atoms with Crippen molar-refractivity contribution in [1.29, 1.82) is 0 Å². The van der Waals surface area contributed by atoms with Crippen LogP contribution >= 0.6 is 11.8 Å². The van der Waals surface area contributed by atoms with Crippen LogP contribution in [0.5, 0.6) is 0 Å². The number of carbonyl (C=O) groups excluding carboxylic acids is 1. The first-order chi connectivity index (χ1) is 13.7. The number of hydrogen-bond acceptors (Lipinski definition) is 5. The molecule has 1 N–H and O–H groups in total. The Kier molecular flexibility index (Phi) is 5.00. The number of benzene rings is 2. The van der Waals surface area contributed by atoms with E-state index in [-0.39, 0.29) is 5.91 Å². The van der Waals surface area contributed by atoms with E-state index in [9.17, 15) is 4.79 Å². The molecule has 1 aromatic heterocycles. The van der Waals surface area contributed by atoms with Gasteiger partial charge in [0, 0.05) is 15.5 Å². The molecule has 0 bridgehead atoms. The molecule has 0 spiro atoms. The lowest BCUT2D eigenvalue weighted by Crippen LogP contribution is -2.31. The zero-order chi connectivity index (χ0) is 19.5. The minimum absolute atomic E-state index is 0.0327. The lowest BCUT2D eigenvalue weighted by Gasteiger charge is -2.21. The summed E-state index contributed by atoms with van der Waals surface area (Å²) in [5.41, 5.74) is 3.30. The average molecular weight is 386 g/mol. The van der Waals surface area contributed by atoms with Crippen molar-refractivity contribution in [2.24, 2.45) is 0 Å². The molecule has 3 aromatic rings. The van der Waals surface area contributed by atoms with Gasteiger partial charge in [-0.1, -0.05) is 29.8 Å². The van der Waals surface area contributed by atoms with Gasteiger partial charge in [-0.2, -0.15) is 5.10 Å². The lowest BCUT2D eigenvalue weighted by atomic mass is 10.1. The molecule has 0 saturated carbocycles. The van der Waals surface area contributed by atoms with Gasteiger partial charge in [-0.3, -0.25) is 9.69 Å². The second kappa shape index (κ2) is 7.75. The number of aromatic nitrogens is 2. The summed E-state index contributed by atoms with van der Waals surface area (Å²) >= 11 is 1.58. The van der Waals surface area contributed by atoms with E-state index in [0.29, 0.717) is 17.9 Å². The summed E-state index contributed by atoms with van der Waals surface area (Å²) in [5.74, 6) is 6.54. The predicted molar refractivity (Wildman–Crippen MR) is 112 cm³/mol. The van der Waals surface area contributed by atoms with Gasteiger partial charge in [0.2, 0.25) is 0 Å². The van der Waals surface area contributed by atoms with E-state index in [1.54, 1.807) is 23.6 Å². The third-order valence-corrected chi connectivity index (χ3v) is 5.44. The Morgan fingerprint density at radius 2 is 1.93 bits per heavy atom. The van der Waals surface area contributed by atoms with E-state index in [2.05, 4.69) is 27.4 Å². The Hall–Kier alpha value is -3.30. The van der Waals surface area contributed by atoms with E-state index in [1.807, 2.05) is 61.5 Å². The van der Waals surface area contributed by atoms with E-state index >= 15 is 0 Å². The molecule has 2 aromatic carbocycles. The predicted octanol–water partition coefficient (Wildman–Crippen LogP) is 4.66. The summed E-state index contributed by atoms with van der Waals surface area (Å²) in [6.45, 7) is 4.03. The molecule has 0 unspecified atom stereocenters. The number of nitrogens with one attached hydrogen (secondary N) is 1. The highest BCUT2D eigenvalue weighted by atomic mass is 32.2. The van der Waals surface area contributed by atoms with Gasteiger partial charge in [-0.15, -0.1) is 11.0 Å². The van der Waals surface area contributed by atoms with E-state index in [4.69, 9.17) is 0 Å². The Morgan fingerprint density at radius 1 is 1.07 bits per heavy atom. The number of anilines is 3. The Balaban J connectivity index is 1.75. The van der Waals surface area contributed by atoms with Crippen LogP contribution in [0, 0.1) is 18.8 Å². The maximum Gasteiger partial charge on any atom is 0.260 e. The van der Waals surface area contributed by atoms with Crippen molar-refractivity contribution in [3.63, 3.8) is 0 Å². The first-order valence-corrected chi connectivity index (χ1v) is 9.67. The second-order valence-electron chi connectivity index (χ2n) is 6.28. The number of rotatable bonds is 3. The molecular weight excluding hydrogens is 368 g/mol. The van der Waals surface area contributed by atoms with Crippen molar-refractivity contribution < 1.29 is 4.79 Å². The first-order valence-electron chi connectivity index (χ1n) is 8.85. The average Bonchev–Trinajstić information content (AvgIpc) is 2.82. The van der Waals surface area contributed by atoms with Crippen LogP contribution in [0.2, 0.25) is 0 Å². The summed E-state index contributed by atoms with van der Waals surface area (Å²) in [6.07, 6.45) is 0. The molecule has 0 atom stereocenters. The number of amides is 1. The van der Waals surface area contributed by atoms with E-state index in [1.165, 1.54) is 0 Å². The van der Waals surface area contributed by atoms with Gasteiger partial charge < -0.3 is 5.32 Å². The van der Waals surface area contributed by atoms with Crippen LogP contribution in [0.4, 0.5) is 17.2 Å². The SMILES string of the molecule is CC#CCN1C(=O)c2ccccc2Sc2cc(Nc3ccc(C)nn3)ccc21. The summed E-state index contributed by atoms with van der Waals surface area (Å²) < 4.78 is 0. The zero-order valence-corrected chi connectivity index (χ0v) is 16.4. The molecule has 4 rings (SSSR count). The van der Waals surface area contributed by atoms with Crippen molar-refractivity contribution in [1.82, 2.24) is 10.2 Å². The Bertz CT molecular complexity index is 1100. The molecule has 1 aliphatic heterocycles. The highest BCUT2D eigenvalue weighted by Crippen LogP contribution is 2.42. The molecule has 0 saturated heterocycles. The van der Waals surface area contributed by atoms with Crippen LogP contribution in [0.1, 0.15) is 23.0 Å². The summed E-state index contributed by atoms with van der Waals surface area (Å²) in [5, 5.41) is 11.5. The van der Waals surface area contributed by atoms with Crippen LogP contribution in [0.3, 0.4) is 0 Å². The van der Waals surface area contributed by atoms with E-state index in [0.717, 1.165) is 26.9 Å². The standard InChI is InChI=1S/C22H18N4OS/c1-3-4-13-26-18-11-10-16(23-21-12-9-15(2)24-25-21)14-20(18)28-19-8-6-5-7-17(19)22(26)27/h5-12,14H,13H2,1-2H3,(H,23,25). The number of aryl methyl sites for hydroxylation is 1. The maximum atomic E-state index is 13.1. The van der Waals surface area contributed by atoms with Crippen molar-refractivity contribution in [2.45, 2.75) is 23.6 Å². The fourth-order valence-electron chi connectivity index (χ4n) is 2.93.